The Kier molecular flexibility index (Phi) is 4.05. The van der Waals surface area contributed by atoms with Gasteiger partial charge >= 0.3 is 6.18 Å². The monoisotopic (exact) mass is 265 g/mol. The molecular formula is C11H8F5NO. The molecule has 0 heterocycles. The molecule has 0 spiro atoms. The van der Waals surface area contributed by atoms with Crippen molar-refractivity contribution >= 4 is 11.5 Å². The molecule has 0 amide bonds. The van der Waals surface area contributed by atoms with Gasteiger partial charge in [-0.1, -0.05) is 6.07 Å². The highest BCUT2D eigenvalue weighted by Gasteiger charge is 2.36. The van der Waals surface area contributed by atoms with Gasteiger partial charge in [0, 0.05) is 11.8 Å². The minimum Gasteiger partial charge on any atom is -0.354 e. The molecule has 1 N–H and O–H groups in total. The number of ketones is 1. The number of hydrogen-bond acceptors (Lipinski definition) is 2. The normalized spacial score (nSPS) is 12.4. The number of halogens is 5. The van der Waals surface area contributed by atoms with E-state index in [-0.39, 0.29) is 11.8 Å². The summed E-state index contributed by atoms with van der Waals surface area (Å²) in [6.07, 6.45) is -4.79. The topological polar surface area (TPSA) is 29.1 Å². The summed E-state index contributed by atoms with van der Waals surface area (Å²) in [4.78, 5) is 10.6. The van der Waals surface area contributed by atoms with E-state index in [1.165, 1.54) is 0 Å². The fraction of sp³-hybridized carbons (Fsp3) is 0.182. The Morgan fingerprint density at radius 3 is 2.17 bits per heavy atom. The van der Waals surface area contributed by atoms with E-state index < -0.39 is 29.3 Å². The molecule has 0 atom stereocenters. The Morgan fingerprint density at radius 1 is 1.22 bits per heavy atom. The van der Waals surface area contributed by atoms with Crippen molar-refractivity contribution in [3.63, 3.8) is 0 Å². The van der Waals surface area contributed by atoms with Crippen molar-refractivity contribution in [2.24, 2.45) is 0 Å². The minimum absolute atomic E-state index is 0.228. The van der Waals surface area contributed by atoms with Crippen LogP contribution in [0.4, 0.5) is 27.6 Å². The summed E-state index contributed by atoms with van der Waals surface area (Å²) in [7, 11) is 0. The molecular weight excluding hydrogens is 257 g/mol. The maximum absolute atomic E-state index is 13.1. The van der Waals surface area contributed by atoms with Gasteiger partial charge in [0.05, 0.1) is 0 Å². The third kappa shape index (κ3) is 3.54. The molecule has 0 saturated carbocycles. The van der Waals surface area contributed by atoms with E-state index in [1.807, 2.05) is 0 Å². The van der Waals surface area contributed by atoms with E-state index in [2.05, 4.69) is 5.32 Å². The van der Waals surface area contributed by atoms with Gasteiger partial charge in [-0.15, -0.1) is 0 Å². The molecule has 0 aliphatic heterocycles. The van der Waals surface area contributed by atoms with E-state index in [9.17, 15) is 26.7 Å². The molecule has 0 aliphatic rings. The first kappa shape index (κ1) is 14.1. The van der Waals surface area contributed by atoms with Crippen molar-refractivity contribution < 1.29 is 26.7 Å². The summed E-state index contributed by atoms with van der Waals surface area (Å²) < 4.78 is 62.1. The van der Waals surface area contributed by atoms with Crippen LogP contribution in [0.1, 0.15) is 6.92 Å². The highest BCUT2D eigenvalue weighted by molar-refractivity contribution is 5.95. The lowest BCUT2D eigenvalue weighted by Gasteiger charge is -2.09. The molecule has 1 aromatic rings. The summed E-state index contributed by atoms with van der Waals surface area (Å²) in [6.45, 7) is 1.09. The van der Waals surface area contributed by atoms with Gasteiger partial charge in [0.25, 0.3) is 5.78 Å². The van der Waals surface area contributed by atoms with Gasteiger partial charge < -0.3 is 5.32 Å². The molecule has 1 rings (SSSR count). The van der Waals surface area contributed by atoms with Gasteiger partial charge in [-0.05, 0) is 19.1 Å². The van der Waals surface area contributed by atoms with E-state index in [4.69, 9.17) is 0 Å². The number of carbonyl (C=O) groups is 1. The molecule has 0 saturated heterocycles. The first-order chi connectivity index (χ1) is 8.21. The van der Waals surface area contributed by atoms with E-state index in [0.717, 1.165) is 25.1 Å². The number of rotatable bonds is 3. The first-order valence-corrected chi connectivity index (χ1v) is 4.72. The van der Waals surface area contributed by atoms with E-state index in [1.54, 1.807) is 0 Å². The van der Waals surface area contributed by atoms with Gasteiger partial charge in [-0.25, -0.2) is 8.78 Å². The fourth-order valence-electron chi connectivity index (χ4n) is 1.13. The van der Waals surface area contributed by atoms with Gasteiger partial charge in [0.15, 0.2) is 0 Å². The SMILES string of the molecule is C/C(=C\C(=O)C(F)(F)F)Nc1c(F)cccc1F. The molecule has 2 nitrogen and oxygen atoms in total. The molecule has 0 fully saturated rings. The smallest absolute Gasteiger partial charge is 0.354 e. The second-order valence-corrected chi connectivity index (χ2v) is 3.41. The summed E-state index contributed by atoms with van der Waals surface area (Å²) in [6, 6.07) is 2.98. The van der Waals surface area contributed by atoms with Crippen molar-refractivity contribution in [2.75, 3.05) is 5.32 Å². The highest BCUT2D eigenvalue weighted by Crippen LogP contribution is 2.21. The van der Waals surface area contributed by atoms with Crippen LogP contribution in [0.15, 0.2) is 30.0 Å². The Bertz CT molecular complexity index is 472. The van der Waals surface area contributed by atoms with Gasteiger partial charge in [-0.3, -0.25) is 4.79 Å². The maximum atomic E-state index is 13.1. The van der Waals surface area contributed by atoms with Crippen molar-refractivity contribution in [3.05, 3.63) is 41.6 Å². The predicted octanol–water partition coefficient (Wildman–Crippen LogP) is 3.41. The van der Waals surface area contributed by atoms with Crippen LogP contribution < -0.4 is 5.32 Å². The van der Waals surface area contributed by atoms with Crippen molar-refractivity contribution in [2.45, 2.75) is 13.1 Å². The Balaban J connectivity index is 2.92. The first-order valence-electron chi connectivity index (χ1n) is 4.72. The second kappa shape index (κ2) is 5.16. The molecule has 7 heteroatoms. The Morgan fingerprint density at radius 2 is 1.72 bits per heavy atom. The lowest BCUT2D eigenvalue weighted by Crippen LogP contribution is -2.21. The largest absolute Gasteiger partial charge is 0.454 e. The fourth-order valence-corrected chi connectivity index (χ4v) is 1.13. The number of anilines is 1. The third-order valence-electron chi connectivity index (χ3n) is 1.91. The lowest BCUT2D eigenvalue weighted by atomic mass is 10.2. The number of carbonyl (C=O) groups excluding carboxylic acids is 1. The number of nitrogens with one attached hydrogen (secondary N) is 1. The number of alkyl halides is 3. The zero-order valence-electron chi connectivity index (χ0n) is 9.11. The Labute approximate surface area is 99.1 Å². The van der Waals surface area contributed by atoms with Crippen LogP contribution in [-0.2, 0) is 4.79 Å². The molecule has 0 aromatic heterocycles. The standard InChI is InChI=1S/C11H8F5NO/c1-6(5-9(18)11(14,15)16)17-10-7(12)3-2-4-8(10)13/h2-5,17H,1H3/b6-5+. The summed E-state index contributed by atoms with van der Waals surface area (Å²) in [5, 5.41) is 2.07. The molecule has 98 valence electrons. The minimum atomic E-state index is -5.02. The molecule has 0 aliphatic carbocycles. The van der Waals surface area contributed by atoms with E-state index >= 15 is 0 Å². The third-order valence-corrected chi connectivity index (χ3v) is 1.91. The Hall–Kier alpha value is -1.92. The van der Waals surface area contributed by atoms with Crippen LogP contribution in [0.2, 0.25) is 0 Å². The van der Waals surface area contributed by atoms with Crippen LogP contribution in [0.5, 0.6) is 0 Å². The quantitative estimate of drug-likeness (QED) is 0.670. The number of benzene rings is 1. The van der Waals surface area contributed by atoms with Gasteiger partial charge in [0.1, 0.15) is 17.3 Å². The van der Waals surface area contributed by atoms with Crippen LogP contribution >= 0.6 is 0 Å². The molecule has 0 bridgehead atoms. The maximum Gasteiger partial charge on any atom is 0.454 e. The molecule has 1 aromatic carbocycles. The lowest BCUT2D eigenvalue weighted by molar-refractivity contribution is -0.165. The number of hydrogen-bond donors (Lipinski definition) is 1. The zero-order chi connectivity index (χ0) is 13.9. The average Bonchev–Trinajstić information content (AvgIpc) is 2.22. The average molecular weight is 265 g/mol. The van der Waals surface area contributed by atoms with Crippen molar-refractivity contribution in [1.82, 2.24) is 0 Å². The van der Waals surface area contributed by atoms with Crippen molar-refractivity contribution in [3.8, 4) is 0 Å². The summed E-state index contributed by atoms with van der Waals surface area (Å²) in [5.74, 6) is -4.05. The van der Waals surface area contributed by atoms with Gasteiger partial charge in [0.2, 0.25) is 0 Å². The predicted molar refractivity (Wildman–Crippen MR) is 54.8 cm³/mol. The summed E-state index contributed by atoms with van der Waals surface area (Å²) >= 11 is 0. The van der Waals surface area contributed by atoms with Crippen LogP contribution in [0.25, 0.3) is 0 Å². The number of para-hydroxylation sites is 1. The molecule has 0 unspecified atom stereocenters. The molecule has 18 heavy (non-hydrogen) atoms. The number of allylic oxidation sites excluding steroid dienone is 2. The zero-order valence-corrected chi connectivity index (χ0v) is 9.11. The highest BCUT2D eigenvalue weighted by atomic mass is 19.4. The van der Waals surface area contributed by atoms with Crippen LogP contribution in [0.3, 0.4) is 0 Å². The van der Waals surface area contributed by atoms with Gasteiger partial charge in [-0.2, -0.15) is 13.2 Å². The second-order valence-electron chi connectivity index (χ2n) is 3.41. The van der Waals surface area contributed by atoms with Crippen LogP contribution in [0, 0.1) is 11.6 Å². The summed E-state index contributed by atoms with van der Waals surface area (Å²) in [5.41, 5.74) is -0.928. The van der Waals surface area contributed by atoms with Crippen molar-refractivity contribution in [1.29, 1.82) is 0 Å². The molecule has 0 radical (unpaired) electrons. The van der Waals surface area contributed by atoms with E-state index in [0.29, 0.717) is 0 Å². The van der Waals surface area contributed by atoms with Crippen LogP contribution in [-0.4, -0.2) is 12.0 Å².